The molecule has 1 aromatic heterocycles. The summed E-state index contributed by atoms with van der Waals surface area (Å²) in [6.45, 7) is 4.84. The summed E-state index contributed by atoms with van der Waals surface area (Å²) in [5.41, 5.74) is 0.910. The van der Waals surface area contributed by atoms with Gasteiger partial charge in [-0.1, -0.05) is 83.3 Å². The number of halogens is 4. The van der Waals surface area contributed by atoms with Crippen molar-refractivity contribution < 1.29 is 14.3 Å². The van der Waals surface area contributed by atoms with Crippen molar-refractivity contribution in [2.75, 3.05) is 6.54 Å². The number of allylic oxidation sites excluding steroid dienone is 4. The maximum Gasteiger partial charge on any atom is 0.251 e. The molecule has 1 amide bonds. The van der Waals surface area contributed by atoms with Crippen LogP contribution in [0.2, 0.25) is 10.0 Å². The number of aromatic nitrogens is 1. The predicted molar refractivity (Wildman–Crippen MR) is 160 cm³/mol. The average molecular weight is 599 g/mol. The van der Waals surface area contributed by atoms with Crippen molar-refractivity contribution in [2.24, 2.45) is 0 Å². The Kier molecular flexibility index (Phi) is 8.96. The third-order valence-corrected chi connectivity index (χ3v) is 7.68. The van der Waals surface area contributed by atoms with E-state index >= 15 is 4.39 Å². The van der Waals surface area contributed by atoms with Crippen LogP contribution in [0.5, 0.6) is 0 Å². The van der Waals surface area contributed by atoms with Crippen LogP contribution in [0.4, 0.5) is 4.39 Å². The molecule has 3 aromatic rings. The van der Waals surface area contributed by atoms with Crippen LogP contribution in [0.3, 0.4) is 0 Å². The third kappa shape index (κ3) is 6.21. The molecule has 0 aliphatic heterocycles. The first-order valence-corrected chi connectivity index (χ1v) is 13.6. The minimum Gasteiger partial charge on any atom is -0.386 e. The second-order valence-corrected chi connectivity index (χ2v) is 11.0. The first-order valence-electron chi connectivity index (χ1n) is 12.5. The van der Waals surface area contributed by atoms with Crippen LogP contribution in [-0.4, -0.2) is 28.3 Å². The zero-order chi connectivity index (χ0) is 29.2. The SMILES string of the molecule is C/C=C1/C=C(C(=O)NCC(c2ccccc2)c2cc(C(C)(C)O)c(F)c(-c3cccc(Cl)c3Cl)n2)C=C(Cl)C1=N. The lowest BCUT2D eigenvalue weighted by atomic mass is 9.89. The number of pyridine rings is 1. The Morgan fingerprint density at radius 1 is 1.12 bits per heavy atom. The monoisotopic (exact) mass is 597 g/mol. The fourth-order valence-corrected chi connectivity index (χ4v) is 5.02. The summed E-state index contributed by atoms with van der Waals surface area (Å²) >= 11 is 18.9. The molecule has 206 valence electrons. The van der Waals surface area contributed by atoms with Gasteiger partial charge in [0.2, 0.25) is 0 Å². The number of aliphatic hydroxyl groups is 1. The molecule has 0 saturated heterocycles. The van der Waals surface area contributed by atoms with Crippen LogP contribution in [0.15, 0.2) is 89.0 Å². The van der Waals surface area contributed by atoms with Gasteiger partial charge in [0.15, 0.2) is 5.82 Å². The fourth-order valence-electron chi connectivity index (χ4n) is 4.40. The number of nitrogens with zero attached hydrogens (tertiary/aromatic N) is 1. The highest BCUT2D eigenvalue weighted by atomic mass is 35.5. The van der Waals surface area contributed by atoms with Gasteiger partial charge in [-0.05, 0) is 56.2 Å². The largest absolute Gasteiger partial charge is 0.386 e. The number of benzene rings is 2. The second-order valence-electron chi connectivity index (χ2n) is 9.80. The minimum atomic E-state index is -1.55. The van der Waals surface area contributed by atoms with E-state index in [-0.39, 0.29) is 44.2 Å². The van der Waals surface area contributed by atoms with Crippen molar-refractivity contribution in [3.8, 4) is 11.3 Å². The van der Waals surface area contributed by atoms with Crippen LogP contribution < -0.4 is 5.32 Å². The molecular formula is C31H27Cl3FN3O2. The number of hydrogen-bond donors (Lipinski definition) is 3. The molecule has 1 heterocycles. The van der Waals surface area contributed by atoms with Crippen LogP contribution in [0.25, 0.3) is 11.3 Å². The predicted octanol–water partition coefficient (Wildman–Crippen LogP) is 7.70. The van der Waals surface area contributed by atoms with E-state index in [9.17, 15) is 9.90 Å². The number of amides is 1. The smallest absolute Gasteiger partial charge is 0.251 e. The molecule has 40 heavy (non-hydrogen) atoms. The van der Waals surface area contributed by atoms with Gasteiger partial charge in [0, 0.05) is 29.2 Å². The van der Waals surface area contributed by atoms with Crippen molar-refractivity contribution in [3.05, 3.63) is 122 Å². The molecule has 5 nitrogen and oxygen atoms in total. The maximum atomic E-state index is 15.9. The Balaban J connectivity index is 1.81. The number of carbonyl (C=O) groups is 1. The van der Waals surface area contributed by atoms with Gasteiger partial charge in [0.25, 0.3) is 5.91 Å². The molecule has 1 atom stereocenters. The Morgan fingerprint density at radius 3 is 2.48 bits per heavy atom. The number of nitrogens with one attached hydrogen (secondary N) is 2. The lowest BCUT2D eigenvalue weighted by Gasteiger charge is -2.25. The molecule has 1 aliphatic carbocycles. The van der Waals surface area contributed by atoms with Crippen molar-refractivity contribution in [3.63, 3.8) is 0 Å². The molecule has 1 aliphatic rings. The molecular weight excluding hydrogens is 572 g/mol. The van der Waals surface area contributed by atoms with Crippen molar-refractivity contribution in [1.82, 2.24) is 10.3 Å². The Hall–Kier alpha value is -3.29. The summed E-state index contributed by atoms with van der Waals surface area (Å²) in [5.74, 6) is -1.63. The third-order valence-electron chi connectivity index (χ3n) is 6.56. The molecule has 1 unspecified atom stereocenters. The van der Waals surface area contributed by atoms with E-state index in [1.54, 1.807) is 37.3 Å². The van der Waals surface area contributed by atoms with Crippen molar-refractivity contribution in [1.29, 1.82) is 5.41 Å². The van der Waals surface area contributed by atoms with Crippen molar-refractivity contribution in [2.45, 2.75) is 32.3 Å². The highest BCUT2D eigenvalue weighted by molar-refractivity contribution is 6.47. The van der Waals surface area contributed by atoms with Gasteiger partial charge in [-0.25, -0.2) is 9.37 Å². The zero-order valence-corrected chi connectivity index (χ0v) is 24.3. The quantitative estimate of drug-likeness (QED) is 0.260. The minimum absolute atomic E-state index is 0.0248. The standard InChI is InChI=1S/C31H27Cl3FN3O2/c1-4-17-13-19(14-24(33)28(17)36)30(39)37-16-21(18-9-6-5-7-10-18)25-15-22(31(2,3)40)27(35)29(38-25)20-11-8-12-23(32)26(20)34/h4-15,21,36,40H,16H2,1-3H3,(H,37,39)/b17-4-,36-28?. The molecule has 0 bridgehead atoms. The highest BCUT2D eigenvalue weighted by Gasteiger charge is 2.29. The van der Waals surface area contributed by atoms with E-state index in [0.717, 1.165) is 5.56 Å². The van der Waals surface area contributed by atoms with Crippen LogP contribution in [-0.2, 0) is 10.4 Å². The summed E-state index contributed by atoms with van der Waals surface area (Å²) < 4.78 is 15.9. The van der Waals surface area contributed by atoms with Gasteiger partial charge in [0.1, 0.15) is 5.69 Å². The van der Waals surface area contributed by atoms with Crippen molar-refractivity contribution >= 4 is 46.4 Å². The maximum absolute atomic E-state index is 15.9. The van der Waals surface area contributed by atoms with Gasteiger partial charge in [-0.2, -0.15) is 0 Å². The van der Waals surface area contributed by atoms with Gasteiger partial charge in [0.05, 0.1) is 32.1 Å². The number of carbonyl (C=O) groups excluding carboxylic acids is 1. The lowest BCUT2D eigenvalue weighted by molar-refractivity contribution is -0.117. The van der Waals surface area contributed by atoms with E-state index in [0.29, 0.717) is 16.8 Å². The number of hydrogen-bond acceptors (Lipinski definition) is 4. The Labute approximate surface area is 247 Å². The van der Waals surface area contributed by atoms with E-state index in [2.05, 4.69) is 10.3 Å². The first-order chi connectivity index (χ1) is 18.9. The number of rotatable bonds is 7. The van der Waals surface area contributed by atoms with E-state index in [4.69, 9.17) is 40.2 Å². The summed E-state index contributed by atoms with van der Waals surface area (Å²) in [4.78, 5) is 17.9. The zero-order valence-electron chi connectivity index (χ0n) is 22.0. The summed E-state index contributed by atoms with van der Waals surface area (Å²) in [7, 11) is 0. The van der Waals surface area contributed by atoms with Gasteiger partial charge in [-0.15, -0.1) is 0 Å². The van der Waals surface area contributed by atoms with E-state index in [1.165, 1.54) is 26.0 Å². The van der Waals surface area contributed by atoms with E-state index < -0.39 is 23.2 Å². The van der Waals surface area contributed by atoms with E-state index in [1.807, 2.05) is 30.3 Å². The summed E-state index contributed by atoms with van der Waals surface area (Å²) in [5, 5.41) is 22.4. The normalized spacial score (nSPS) is 15.5. The van der Waals surface area contributed by atoms with Gasteiger partial charge >= 0.3 is 0 Å². The molecule has 0 radical (unpaired) electrons. The Bertz CT molecular complexity index is 1570. The molecule has 9 heteroatoms. The average Bonchev–Trinajstić information content (AvgIpc) is 2.92. The summed E-state index contributed by atoms with van der Waals surface area (Å²) in [6, 6.07) is 15.7. The molecule has 0 fully saturated rings. The topological polar surface area (TPSA) is 86.1 Å². The van der Waals surface area contributed by atoms with Crippen LogP contribution in [0.1, 0.15) is 43.5 Å². The Morgan fingerprint density at radius 2 is 1.82 bits per heavy atom. The van der Waals surface area contributed by atoms with Gasteiger partial charge < -0.3 is 10.4 Å². The van der Waals surface area contributed by atoms with Crippen LogP contribution in [0, 0.1) is 11.2 Å². The lowest BCUT2D eigenvalue weighted by Crippen LogP contribution is -2.31. The molecule has 0 saturated carbocycles. The first kappa shape index (κ1) is 29.7. The molecule has 3 N–H and O–H groups in total. The highest BCUT2D eigenvalue weighted by Crippen LogP contribution is 2.38. The van der Waals surface area contributed by atoms with Crippen LogP contribution >= 0.6 is 34.8 Å². The molecule has 0 spiro atoms. The molecule has 2 aromatic carbocycles. The second kappa shape index (κ2) is 12.1. The molecule has 4 rings (SSSR count). The fraction of sp³-hybridized carbons (Fsp3) is 0.194. The van der Waals surface area contributed by atoms with Gasteiger partial charge in [-0.3, -0.25) is 10.2 Å². The summed E-state index contributed by atoms with van der Waals surface area (Å²) in [6.07, 6.45) is 4.76.